The van der Waals surface area contributed by atoms with Gasteiger partial charge < -0.3 is 19.0 Å². The van der Waals surface area contributed by atoms with Gasteiger partial charge in [-0.05, 0) is 24.3 Å². The molecule has 5 aromatic rings. The molecule has 5 rings (SSSR count). The molecule has 9 heteroatoms. The van der Waals surface area contributed by atoms with Crippen molar-refractivity contribution >= 4 is 44.6 Å². The summed E-state index contributed by atoms with van der Waals surface area (Å²) in [6.07, 6.45) is -4.70. The van der Waals surface area contributed by atoms with Gasteiger partial charge in [0.2, 0.25) is 11.7 Å². The van der Waals surface area contributed by atoms with Crippen LogP contribution in [-0.2, 0) is 17.5 Å². The van der Waals surface area contributed by atoms with E-state index in [1.54, 1.807) is 24.3 Å². The van der Waals surface area contributed by atoms with Crippen LogP contribution in [0.25, 0.3) is 33.0 Å². The average Bonchev–Trinajstić information content (AvgIpc) is 3.31. The molecule has 32 heavy (non-hydrogen) atoms. The topological polar surface area (TPSA) is 69.3 Å². The van der Waals surface area contributed by atoms with Crippen LogP contribution in [0.5, 0.6) is 5.75 Å². The number of methoxy groups -OCH3 is 1. The van der Waals surface area contributed by atoms with E-state index < -0.39 is 24.5 Å². The van der Waals surface area contributed by atoms with Gasteiger partial charge >= 0.3 is 6.18 Å². The number of halogens is 3. The second-order valence-electron chi connectivity index (χ2n) is 7.20. The molecule has 3 aromatic carbocycles. The van der Waals surface area contributed by atoms with Crippen molar-refractivity contribution in [3.63, 3.8) is 0 Å². The first-order valence-corrected chi connectivity index (χ1v) is 9.67. The number of furan rings is 1. The number of para-hydroxylation sites is 3. The Morgan fingerprint density at radius 3 is 2.59 bits per heavy atom. The van der Waals surface area contributed by atoms with E-state index in [1.165, 1.54) is 19.2 Å². The predicted octanol–water partition coefficient (Wildman–Crippen LogP) is 5.60. The number of hydrogen-bond acceptors (Lipinski definition) is 4. The second-order valence-corrected chi connectivity index (χ2v) is 7.20. The molecule has 0 aliphatic carbocycles. The van der Waals surface area contributed by atoms with Crippen molar-refractivity contribution in [3.05, 3.63) is 66.5 Å². The minimum atomic E-state index is -4.70. The van der Waals surface area contributed by atoms with Crippen molar-refractivity contribution in [2.24, 2.45) is 0 Å². The zero-order valence-electron chi connectivity index (χ0n) is 16.7. The fourth-order valence-corrected chi connectivity index (χ4v) is 3.80. The standard InChI is InChI=1S/C23H16F3N3O3/c1-31-20-10-14-13-6-2-5-9-18(13)32-19(14)11-16(20)27-21(30)12-29-17-8-4-3-7-15(17)28-22(29)23(24,25)26/h2-11H,12H2,1H3,(H,27,30). The van der Waals surface area contributed by atoms with E-state index in [4.69, 9.17) is 9.15 Å². The molecule has 0 atom stereocenters. The molecule has 162 valence electrons. The second kappa shape index (κ2) is 7.30. The van der Waals surface area contributed by atoms with E-state index in [9.17, 15) is 18.0 Å². The van der Waals surface area contributed by atoms with Gasteiger partial charge in [-0.1, -0.05) is 30.3 Å². The lowest BCUT2D eigenvalue weighted by molar-refractivity contribution is -0.147. The highest BCUT2D eigenvalue weighted by atomic mass is 19.4. The van der Waals surface area contributed by atoms with Gasteiger partial charge in [0.25, 0.3) is 0 Å². The van der Waals surface area contributed by atoms with E-state index in [1.807, 2.05) is 24.3 Å². The number of amides is 1. The van der Waals surface area contributed by atoms with Crippen LogP contribution in [-0.4, -0.2) is 22.6 Å². The largest absolute Gasteiger partial charge is 0.495 e. The lowest BCUT2D eigenvalue weighted by Gasteiger charge is -2.13. The fraction of sp³-hybridized carbons (Fsp3) is 0.130. The smallest absolute Gasteiger partial charge is 0.449 e. The van der Waals surface area contributed by atoms with E-state index in [0.29, 0.717) is 22.6 Å². The molecular weight excluding hydrogens is 423 g/mol. The third kappa shape index (κ3) is 3.31. The van der Waals surface area contributed by atoms with Gasteiger partial charge in [0.15, 0.2) is 0 Å². The first-order valence-electron chi connectivity index (χ1n) is 9.67. The van der Waals surface area contributed by atoms with Gasteiger partial charge in [-0.15, -0.1) is 0 Å². The lowest BCUT2D eigenvalue weighted by atomic mass is 10.1. The van der Waals surface area contributed by atoms with Gasteiger partial charge in [-0.3, -0.25) is 4.79 Å². The fourth-order valence-electron chi connectivity index (χ4n) is 3.80. The maximum Gasteiger partial charge on any atom is 0.449 e. The number of fused-ring (bicyclic) bond motifs is 4. The van der Waals surface area contributed by atoms with Crippen molar-refractivity contribution in [2.75, 3.05) is 12.4 Å². The first kappa shape index (κ1) is 19.9. The number of nitrogens with one attached hydrogen (secondary N) is 1. The van der Waals surface area contributed by atoms with Crippen LogP contribution in [0, 0.1) is 0 Å². The van der Waals surface area contributed by atoms with Crippen LogP contribution < -0.4 is 10.1 Å². The van der Waals surface area contributed by atoms with E-state index in [2.05, 4.69) is 10.3 Å². The van der Waals surface area contributed by atoms with Crippen LogP contribution in [0.15, 0.2) is 65.1 Å². The summed E-state index contributed by atoms with van der Waals surface area (Å²) in [4.78, 5) is 16.4. The van der Waals surface area contributed by atoms with Gasteiger partial charge in [-0.2, -0.15) is 13.2 Å². The zero-order valence-corrected chi connectivity index (χ0v) is 16.7. The number of anilines is 1. The Balaban J connectivity index is 1.51. The van der Waals surface area contributed by atoms with Gasteiger partial charge in [0.05, 0.1) is 23.8 Å². The molecule has 0 fully saturated rings. The molecule has 0 unspecified atom stereocenters. The SMILES string of the molecule is COc1cc2c(cc1NC(=O)Cn1c(C(F)(F)F)nc3ccccc31)oc1ccccc12. The highest BCUT2D eigenvalue weighted by Gasteiger charge is 2.38. The Morgan fingerprint density at radius 2 is 1.81 bits per heavy atom. The average molecular weight is 439 g/mol. The van der Waals surface area contributed by atoms with E-state index >= 15 is 0 Å². The van der Waals surface area contributed by atoms with Gasteiger partial charge in [0.1, 0.15) is 23.5 Å². The van der Waals surface area contributed by atoms with Crippen molar-refractivity contribution in [2.45, 2.75) is 12.7 Å². The number of ether oxygens (including phenoxy) is 1. The molecule has 0 saturated heterocycles. The summed E-state index contributed by atoms with van der Waals surface area (Å²) in [7, 11) is 1.45. The summed E-state index contributed by atoms with van der Waals surface area (Å²) in [5.41, 5.74) is 1.87. The van der Waals surface area contributed by atoms with Crippen LogP contribution >= 0.6 is 0 Å². The number of carbonyl (C=O) groups is 1. The molecule has 0 bridgehead atoms. The molecule has 0 spiro atoms. The van der Waals surface area contributed by atoms with Crippen LogP contribution in [0.2, 0.25) is 0 Å². The Morgan fingerprint density at radius 1 is 1.06 bits per heavy atom. The number of aromatic nitrogens is 2. The maximum absolute atomic E-state index is 13.5. The van der Waals surface area contributed by atoms with Crippen LogP contribution in [0.4, 0.5) is 18.9 Å². The minimum absolute atomic E-state index is 0.161. The van der Waals surface area contributed by atoms with Crippen LogP contribution in [0.3, 0.4) is 0 Å². The zero-order chi connectivity index (χ0) is 22.5. The Kier molecular flexibility index (Phi) is 4.54. The molecular formula is C23H16F3N3O3. The van der Waals surface area contributed by atoms with Crippen molar-refractivity contribution in [3.8, 4) is 5.75 Å². The number of benzene rings is 3. The molecule has 2 aromatic heterocycles. The third-order valence-electron chi connectivity index (χ3n) is 5.18. The highest BCUT2D eigenvalue weighted by molar-refractivity contribution is 6.07. The monoisotopic (exact) mass is 439 g/mol. The van der Waals surface area contributed by atoms with Crippen molar-refractivity contribution in [1.82, 2.24) is 9.55 Å². The Hall–Kier alpha value is -4.01. The molecule has 1 N–H and O–H groups in total. The lowest BCUT2D eigenvalue weighted by Crippen LogP contribution is -2.23. The predicted molar refractivity (Wildman–Crippen MR) is 114 cm³/mol. The molecule has 0 aliphatic heterocycles. The number of imidazole rings is 1. The van der Waals surface area contributed by atoms with Gasteiger partial charge in [-0.25, -0.2) is 4.98 Å². The summed E-state index contributed by atoms with van der Waals surface area (Å²) < 4.78 is 52.6. The molecule has 0 radical (unpaired) electrons. The molecule has 1 amide bonds. The van der Waals surface area contributed by atoms with Crippen molar-refractivity contribution in [1.29, 1.82) is 0 Å². The Labute approximate surface area is 179 Å². The quantitative estimate of drug-likeness (QED) is 0.396. The molecule has 2 heterocycles. The minimum Gasteiger partial charge on any atom is -0.495 e. The van der Waals surface area contributed by atoms with Gasteiger partial charge in [0, 0.05) is 16.8 Å². The van der Waals surface area contributed by atoms with E-state index in [-0.39, 0.29) is 11.0 Å². The summed E-state index contributed by atoms with van der Waals surface area (Å²) in [6, 6.07) is 16.9. The highest BCUT2D eigenvalue weighted by Crippen LogP contribution is 2.36. The normalized spacial score (nSPS) is 12.0. The number of nitrogens with zero attached hydrogens (tertiary/aromatic N) is 2. The number of hydrogen-bond donors (Lipinski definition) is 1. The third-order valence-corrected chi connectivity index (χ3v) is 5.18. The number of alkyl halides is 3. The van der Waals surface area contributed by atoms with E-state index in [0.717, 1.165) is 15.3 Å². The maximum atomic E-state index is 13.5. The number of rotatable bonds is 4. The Bertz CT molecular complexity index is 1480. The summed E-state index contributed by atoms with van der Waals surface area (Å²) >= 11 is 0. The van der Waals surface area contributed by atoms with Crippen molar-refractivity contribution < 1.29 is 27.1 Å². The summed E-state index contributed by atoms with van der Waals surface area (Å²) in [6.45, 7) is -0.573. The summed E-state index contributed by atoms with van der Waals surface area (Å²) in [5, 5.41) is 4.33. The molecule has 6 nitrogen and oxygen atoms in total. The van der Waals surface area contributed by atoms with Crippen LogP contribution in [0.1, 0.15) is 5.82 Å². The summed E-state index contributed by atoms with van der Waals surface area (Å²) in [5.74, 6) is -1.43. The molecule has 0 saturated carbocycles. The molecule has 0 aliphatic rings. The number of carbonyl (C=O) groups excluding carboxylic acids is 1. The first-order chi connectivity index (χ1) is 15.3.